The molecule has 1 aliphatic rings. The Kier molecular flexibility index (Phi) is 6.64. The molecule has 2 aromatic carbocycles. The summed E-state index contributed by atoms with van der Waals surface area (Å²) in [6.45, 7) is 3.39. The Morgan fingerprint density at radius 1 is 1.06 bits per heavy atom. The van der Waals surface area contributed by atoms with Gasteiger partial charge in [0.2, 0.25) is 0 Å². The molecule has 1 saturated heterocycles. The van der Waals surface area contributed by atoms with E-state index in [-0.39, 0.29) is 11.9 Å². The van der Waals surface area contributed by atoms with E-state index in [4.69, 9.17) is 9.47 Å². The Labute approximate surface area is 185 Å². The molecule has 1 fully saturated rings. The van der Waals surface area contributed by atoms with Crippen LogP contribution in [0.4, 0.5) is 5.00 Å². The van der Waals surface area contributed by atoms with Gasteiger partial charge in [0.15, 0.2) is 0 Å². The summed E-state index contributed by atoms with van der Waals surface area (Å²) in [5.74, 6) is -0.489. The Hall–Kier alpha value is -3.16. The number of nitrogens with zero attached hydrogens (tertiary/aromatic N) is 1. The summed E-state index contributed by atoms with van der Waals surface area (Å²) < 4.78 is 10.2. The molecular formula is C24H24N2O4S. The van der Waals surface area contributed by atoms with Gasteiger partial charge in [0.25, 0.3) is 5.91 Å². The van der Waals surface area contributed by atoms with E-state index in [0.717, 1.165) is 34.8 Å². The zero-order valence-electron chi connectivity index (χ0n) is 17.3. The number of hydrogen-bond acceptors (Lipinski definition) is 6. The summed E-state index contributed by atoms with van der Waals surface area (Å²) in [7, 11) is 1.35. The molecule has 6 nitrogen and oxygen atoms in total. The number of anilines is 1. The molecule has 0 bridgehead atoms. The normalized spacial score (nSPS) is 13.6. The molecular weight excluding hydrogens is 412 g/mol. The molecule has 1 aliphatic heterocycles. The predicted molar refractivity (Wildman–Crippen MR) is 122 cm³/mol. The van der Waals surface area contributed by atoms with Crippen LogP contribution in [0.1, 0.15) is 25.6 Å². The van der Waals surface area contributed by atoms with Gasteiger partial charge in [0.05, 0.1) is 35.8 Å². The number of esters is 1. The minimum absolute atomic E-state index is 0.112. The van der Waals surface area contributed by atoms with Gasteiger partial charge in [-0.3, -0.25) is 4.79 Å². The lowest BCUT2D eigenvalue weighted by atomic mass is 10.1. The van der Waals surface area contributed by atoms with Crippen molar-refractivity contribution in [1.82, 2.24) is 5.32 Å². The van der Waals surface area contributed by atoms with Gasteiger partial charge in [0, 0.05) is 25.2 Å². The number of carbonyl (C=O) groups excluding carboxylic acids is 2. The van der Waals surface area contributed by atoms with E-state index in [1.54, 1.807) is 12.1 Å². The minimum Gasteiger partial charge on any atom is -0.465 e. The Balaban J connectivity index is 1.51. The van der Waals surface area contributed by atoms with Crippen molar-refractivity contribution in [2.24, 2.45) is 0 Å². The number of benzene rings is 2. The van der Waals surface area contributed by atoms with E-state index in [2.05, 4.69) is 22.3 Å². The molecule has 1 amide bonds. The molecule has 2 heterocycles. The largest absolute Gasteiger partial charge is 0.465 e. The first-order valence-electron chi connectivity index (χ1n) is 10.1. The summed E-state index contributed by atoms with van der Waals surface area (Å²) in [5.41, 5.74) is 3.56. The lowest BCUT2D eigenvalue weighted by Gasteiger charge is -2.28. The molecule has 1 aromatic heterocycles. The summed E-state index contributed by atoms with van der Waals surface area (Å²) in [6, 6.07) is 19.1. The highest BCUT2D eigenvalue weighted by molar-refractivity contribution is 7.18. The van der Waals surface area contributed by atoms with Crippen molar-refractivity contribution in [2.45, 2.75) is 6.54 Å². The second-order valence-electron chi connectivity index (χ2n) is 7.17. The maximum Gasteiger partial charge on any atom is 0.337 e. The van der Waals surface area contributed by atoms with Crippen molar-refractivity contribution >= 4 is 28.2 Å². The highest BCUT2D eigenvalue weighted by Gasteiger charge is 2.21. The zero-order valence-corrected chi connectivity index (χ0v) is 18.1. The molecule has 3 aromatic rings. The molecule has 0 atom stereocenters. The molecule has 0 unspecified atom stereocenters. The number of methoxy groups -OCH3 is 1. The lowest BCUT2D eigenvalue weighted by molar-refractivity contribution is 0.0600. The Morgan fingerprint density at radius 2 is 1.77 bits per heavy atom. The molecule has 0 radical (unpaired) electrons. The summed E-state index contributed by atoms with van der Waals surface area (Å²) in [6.07, 6.45) is 0. The smallest absolute Gasteiger partial charge is 0.337 e. The molecule has 1 N–H and O–H groups in total. The number of nitrogens with one attached hydrogen (secondary N) is 1. The van der Waals surface area contributed by atoms with Crippen molar-refractivity contribution in [3.8, 4) is 11.1 Å². The molecule has 4 rings (SSSR count). The topological polar surface area (TPSA) is 67.9 Å². The number of amides is 1. The number of morpholine rings is 1. The maximum atomic E-state index is 12.9. The second kappa shape index (κ2) is 9.76. The van der Waals surface area contributed by atoms with Crippen molar-refractivity contribution in [3.63, 3.8) is 0 Å². The molecule has 7 heteroatoms. The lowest BCUT2D eigenvalue weighted by Crippen LogP contribution is -2.35. The van der Waals surface area contributed by atoms with Gasteiger partial charge in [-0.15, -0.1) is 11.3 Å². The van der Waals surface area contributed by atoms with E-state index < -0.39 is 0 Å². The van der Waals surface area contributed by atoms with E-state index >= 15 is 0 Å². The molecule has 160 valence electrons. The summed E-state index contributed by atoms with van der Waals surface area (Å²) in [4.78, 5) is 27.4. The first-order chi connectivity index (χ1) is 15.2. The van der Waals surface area contributed by atoms with E-state index in [1.165, 1.54) is 18.4 Å². The van der Waals surface area contributed by atoms with Gasteiger partial charge in [0.1, 0.15) is 0 Å². The van der Waals surface area contributed by atoms with Crippen LogP contribution in [0, 0.1) is 0 Å². The molecule has 0 saturated carbocycles. The predicted octanol–water partition coefficient (Wildman–Crippen LogP) is 3.97. The Bertz CT molecular complexity index is 1040. The van der Waals surface area contributed by atoms with Crippen LogP contribution in [0.3, 0.4) is 0 Å². The van der Waals surface area contributed by atoms with Crippen molar-refractivity contribution in [3.05, 3.63) is 76.7 Å². The third kappa shape index (κ3) is 4.95. The fourth-order valence-corrected chi connectivity index (χ4v) is 4.61. The number of carbonyl (C=O) groups is 2. The van der Waals surface area contributed by atoms with Crippen LogP contribution >= 0.6 is 11.3 Å². The van der Waals surface area contributed by atoms with Crippen molar-refractivity contribution < 1.29 is 19.1 Å². The maximum absolute atomic E-state index is 12.9. The third-order valence-electron chi connectivity index (χ3n) is 5.15. The average Bonchev–Trinajstić information content (AvgIpc) is 3.29. The van der Waals surface area contributed by atoms with Crippen LogP contribution in [0.25, 0.3) is 11.1 Å². The van der Waals surface area contributed by atoms with Crippen LogP contribution in [-0.2, 0) is 16.0 Å². The van der Waals surface area contributed by atoms with Crippen molar-refractivity contribution in [2.75, 3.05) is 38.3 Å². The van der Waals surface area contributed by atoms with Gasteiger partial charge in [-0.1, -0.05) is 42.5 Å². The van der Waals surface area contributed by atoms with Crippen LogP contribution in [0.15, 0.2) is 60.7 Å². The molecule has 31 heavy (non-hydrogen) atoms. The van der Waals surface area contributed by atoms with Gasteiger partial charge >= 0.3 is 5.97 Å². The highest BCUT2D eigenvalue weighted by atomic mass is 32.1. The van der Waals surface area contributed by atoms with Crippen LogP contribution in [0.5, 0.6) is 0 Å². The first kappa shape index (κ1) is 21.1. The van der Waals surface area contributed by atoms with Gasteiger partial charge < -0.3 is 19.7 Å². The fraction of sp³-hybridized carbons (Fsp3) is 0.250. The molecule has 0 aliphatic carbocycles. The highest BCUT2D eigenvalue weighted by Crippen LogP contribution is 2.39. The van der Waals surface area contributed by atoms with Crippen LogP contribution < -0.4 is 10.2 Å². The molecule has 0 spiro atoms. The SMILES string of the molecule is COC(=O)c1ccc(CNC(=O)c2cc(-c3ccccc3)c(N3CCOCC3)s2)cc1. The van der Waals surface area contributed by atoms with Gasteiger partial charge in [-0.25, -0.2) is 4.79 Å². The quantitative estimate of drug-likeness (QED) is 0.593. The number of ether oxygens (including phenoxy) is 2. The summed E-state index contributed by atoms with van der Waals surface area (Å²) in [5, 5.41) is 4.08. The van der Waals surface area contributed by atoms with Crippen molar-refractivity contribution in [1.29, 1.82) is 0 Å². The fourth-order valence-electron chi connectivity index (χ4n) is 3.47. The van der Waals surface area contributed by atoms with Crippen LogP contribution in [-0.4, -0.2) is 45.3 Å². The zero-order chi connectivity index (χ0) is 21.6. The van der Waals surface area contributed by atoms with E-state index in [9.17, 15) is 9.59 Å². The standard InChI is InChI=1S/C24H24N2O4S/c1-29-24(28)19-9-7-17(8-10-19)16-25-22(27)21-15-20(18-5-3-2-4-6-18)23(31-21)26-11-13-30-14-12-26/h2-10,15H,11-14,16H2,1H3,(H,25,27). The third-order valence-corrected chi connectivity index (χ3v) is 6.34. The number of thiophene rings is 1. The average molecular weight is 437 g/mol. The number of rotatable bonds is 6. The van der Waals surface area contributed by atoms with E-state index in [0.29, 0.717) is 30.2 Å². The van der Waals surface area contributed by atoms with E-state index in [1.807, 2.05) is 36.4 Å². The van der Waals surface area contributed by atoms with Crippen LogP contribution in [0.2, 0.25) is 0 Å². The Morgan fingerprint density at radius 3 is 2.45 bits per heavy atom. The second-order valence-corrected chi connectivity index (χ2v) is 8.20. The monoisotopic (exact) mass is 436 g/mol. The summed E-state index contributed by atoms with van der Waals surface area (Å²) >= 11 is 1.51. The van der Waals surface area contributed by atoms with Gasteiger partial charge in [-0.2, -0.15) is 0 Å². The first-order valence-corrected chi connectivity index (χ1v) is 10.9. The van der Waals surface area contributed by atoms with Gasteiger partial charge in [-0.05, 0) is 29.3 Å². The number of hydrogen-bond donors (Lipinski definition) is 1. The minimum atomic E-state index is -0.377.